The summed E-state index contributed by atoms with van der Waals surface area (Å²) in [6.45, 7) is 1.92. The molecule has 3 N–H and O–H groups in total. The first kappa shape index (κ1) is 9.53. The zero-order chi connectivity index (χ0) is 8.97. The van der Waals surface area contributed by atoms with Gasteiger partial charge in [-0.1, -0.05) is 0 Å². The molecule has 12 heavy (non-hydrogen) atoms. The first-order valence-corrected chi connectivity index (χ1v) is 4.32. The number of nitrogens with two attached hydrogens (primary N) is 1. The predicted molar refractivity (Wildman–Crippen MR) is 48.5 cm³/mol. The molecule has 3 nitrogen and oxygen atoms in total. The van der Waals surface area contributed by atoms with Crippen molar-refractivity contribution in [2.45, 2.75) is 24.9 Å². The maximum Gasteiger partial charge on any atom is 0.0587 e. The van der Waals surface area contributed by atoms with E-state index in [1.807, 2.05) is 0 Å². The van der Waals surface area contributed by atoms with Crippen LogP contribution in [0.25, 0.3) is 0 Å². The second-order valence-corrected chi connectivity index (χ2v) is 3.28. The van der Waals surface area contributed by atoms with Crippen LogP contribution in [-0.2, 0) is 0 Å². The number of hydrogen-bond donors (Lipinski definition) is 2. The lowest BCUT2D eigenvalue weighted by Gasteiger charge is -2.20. The molecule has 1 aliphatic heterocycles. The summed E-state index contributed by atoms with van der Waals surface area (Å²) in [6.07, 6.45) is 6.79. The van der Waals surface area contributed by atoms with E-state index in [4.69, 9.17) is 17.3 Å². The van der Waals surface area contributed by atoms with Crippen LogP contribution in [0.4, 0.5) is 0 Å². The number of aliphatic hydroxyl groups is 1. The normalized spacial score (nSPS) is 30.4. The second-order valence-electron chi connectivity index (χ2n) is 3.28. The Bertz CT molecular complexity index is 176. The van der Waals surface area contributed by atoms with Crippen molar-refractivity contribution in [3.63, 3.8) is 0 Å². The fourth-order valence-corrected chi connectivity index (χ4v) is 1.70. The van der Waals surface area contributed by atoms with Crippen molar-refractivity contribution in [1.82, 2.24) is 4.90 Å². The minimum atomic E-state index is 0.193. The molecule has 1 saturated heterocycles. The maximum atomic E-state index is 9.00. The molecule has 3 heteroatoms. The summed E-state index contributed by atoms with van der Waals surface area (Å²) in [6, 6.07) is 0.438. The molecule has 2 atom stereocenters. The summed E-state index contributed by atoms with van der Waals surface area (Å²) in [7, 11) is 0. The van der Waals surface area contributed by atoms with Crippen LogP contribution in [0.5, 0.6) is 0 Å². The second kappa shape index (κ2) is 4.46. The van der Waals surface area contributed by atoms with Gasteiger partial charge < -0.3 is 10.8 Å². The van der Waals surface area contributed by atoms with Crippen molar-refractivity contribution in [3.8, 4) is 12.3 Å². The average Bonchev–Trinajstić information content (AvgIpc) is 2.42. The van der Waals surface area contributed by atoms with E-state index < -0.39 is 0 Å². The molecule has 0 aromatic rings. The van der Waals surface area contributed by atoms with Gasteiger partial charge in [-0.2, -0.15) is 0 Å². The van der Waals surface area contributed by atoms with Gasteiger partial charge in [0.05, 0.1) is 6.61 Å². The molecule has 0 aliphatic carbocycles. The van der Waals surface area contributed by atoms with Crippen LogP contribution in [0.2, 0.25) is 0 Å². The Kier molecular flexibility index (Phi) is 3.54. The Morgan fingerprint density at radius 1 is 1.67 bits per heavy atom. The van der Waals surface area contributed by atoms with Gasteiger partial charge in [0.25, 0.3) is 0 Å². The van der Waals surface area contributed by atoms with Crippen LogP contribution < -0.4 is 5.73 Å². The number of likely N-dealkylation sites (tertiary alicyclic amines) is 1. The highest BCUT2D eigenvalue weighted by molar-refractivity contribution is 4.91. The highest BCUT2D eigenvalue weighted by atomic mass is 16.3. The number of aliphatic hydroxyl groups excluding tert-OH is 1. The van der Waals surface area contributed by atoms with Crippen LogP contribution in [-0.4, -0.2) is 41.8 Å². The van der Waals surface area contributed by atoms with E-state index in [0.717, 1.165) is 25.9 Å². The molecule has 1 aliphatic rings. The molecular weight excluding hydrogens is 152 g/mol. The van der Waals surface area contributed by atoms with Crippen molar-refractivity contribution in [1.29, 1.82) is 0 Å². The largest absolute Gasteiger partial charge is 0.395 e. The van der Waals surface area contributed by atoms with E-state index >= 15 is 0 Å². The quantitative estimate of drug-likeness (QED) is 0.553. The Balaban J connectivity index is 2.36. The smallest absolute Gasteiger partial charge is 0.0587 e. The third kappa shape index (κ3) is 2.21. The van der Waals surface area contributed by atoms with Gasteiger partial charge in [-0.15, -0.1) is 12.3 Å². The summed E-state index contributed by atoms with van der Waals surface area (Å²) in [5.41, 5.74) is 5.76. The maximum absolute atomic E-state index is 9.00. The standard InChI is InChI=1S/C9H16N2O/c1-2-3-4-11-6-8(10)5-9(11)7-12/h1,8-9,12H,3-7,10H2/t8-,9-/m0/s1. The molecular formula is C9H16N2O. The zero-order valence-electron chi connectivity index (χ0n) is 7.24. The number of rotatable bonds is 3. The molecule has 0 spiro atoms. The first-order valence-electron chi connectivity index (χ1n) is 4.32. The average molecular weight is 168 g/mol. The van der Waals surface area contributed by atoms with Gasteiger partial charge in [-0.05, 0) is 6.42 Å². The fourth-order valence-electron chi connectivity index (χ4n) is 1.70. The summed E-state index contributed by atoms with van der Waals surface area (Å²) in [5, 5.41) is 9.00. The van der Waals surface area contributed by atoms with E-state index in [0.29, 0.717) is 0 Å². The molecule has 0 aromatic heterocycles. The Morgan fingerprint density at radius 2 is 2.42 bits per heavy atom. The molecule has 0 saturated carbocycles. The minimum Gasteiger partial charge on any atom is -0.395 e. The molecule has 1 rings (SSSR count). The Labute approximate surface area is 73.5 Å². The van der Waals surface area contributed by atoms with E-state index in [2.05, 4.69) is 10.8 Å². The van der Waals surface area contributed by atoms with E-state index in [9.17, 15) is 0 Å². The number of hydrogen-bond acceptors (Lipinski definition) is 3. The van der Waals surface area contributed by atoms with Crippen molar-refractivity contribution >= 4 is 0 Å². The third-order valence-corrected chi connectivity index (χ3v) is 2.31. The van der Waals surface area contributed by atoms with Gasteiger partial charge in [0.15, 0.2) is 0 Å². The van der Waals surface area contributed by atoms with Gasteiger partial charge in [0, 0.05) is 31.6 Å². The highest BCUT2D eigenvalue weighted by Gasteiger charge is 2.28. The van der Waals surface area contributed by atoms with Crippen LogP contribution in [0.3, 0.4) is 0 Å². The molecule has 0 radical (unpaired) electrons. The summed E-state index contributed by atoms with van der Waals surface area (Å²) in [4.78, 5) is 2.17. The Hall–Kier alpha value is -0.560. The molecule has 68 valence electrons. The molecule has 0 unspecified atom stereocenters. The SMILES string of the molecule is C#CCCN1C[C@@H](N)C[C@H]1CO. The number of nitrogens with zero attached hydrogens (tertiary/aromatic N) is 1. The first-order chi connectivity index (χ1) is 5.77. The third-order valence-electron chi connectivity index (χ3n) is 2.31. The lowest BCUT2D eigenvalue weighted by molar-refractivity contribution is 0.161. The van der Waals surface area contributed by atoms with Crippen LogP contribution >= 0.6 is 0 Å². The topological polar surface area (TPSA) is 49.5 Å². The highest BCUT2D eigenvalue weighted by Crippen LogP contribution is 2.15. The Morgan fingerprint density at radius 3 is 3.00 bits per heavy atom. The summed E-state index contributed by atoms with van der Waals surface area (Å²) >= 11 is 0. The van der Waals surface area contributed by atoms with Crippen LogP contribution in [0.1, 0.15) is 12.8 Å². The number of terminal acetylenes is 1. The van der Waals surface area contributed by atoms with E-state index in [1.165, 1.54) is 0 Å². The van der Waals surface area contributed by atoms with Crippen molar-refractivity contribution in [2.24, 2.45) is 5.73 Å². The van der Waals surface area contributed by atoms with Crippen molar-refractivity contribution < 1.29 is 5.11 Å². The van der Waals surface area contributed by atoms with Crippen LogP contribution in [0, 0.1) is 12.3 Å². The fraction of sp³-hybridized carbons (Fsp3) is 0.778. The van der Waals surface area contributed by atoms with E-state index in [-0.39, 0.29) is 18.7 Å². The lowest BCUT2D eigenvalue weighted by Crippen LogP contribution is -2.33. The molecule has 1 heterocycles. The van der Waals surface area contributed by atoms with Gasteiger partial charge in [-0.25, -0.2) is 0 Å². The van der Waals surface area contributed by atoms with Crippen LogP contribution in [0.15, 0.2) is 0 Å². The zero-order valence-corrected chi connectivity index (χ0v) is 7.24. The predicted octanol–water partition coefficient (Wildman–Crippen LogP) is -0.596. The van der Waals surface area contributed by atoms with Gasteiger partial charge >= 0.3 is 0 Å². The molecule has 0 aromatic carbocycles. The molecule has 0 amide bonds. The van der Waals surface area contributed by atoms with Gasteiger partial charge in [0.1, 0.15) is 0 Å². The van der Waals surface area contributed by atoms with Crippen molar-refractivity contribution in [3.05, 3.63) is 0 Å². The summed E-state index contributed by atoms with van der Waals surface area (Å²) in [5.74, 6) is 2.59. The van der Waals surface area contributed by atoms with Gasteiger partial charge in [0.2, 0.25) is 0 Å². The van der Waals surface area contributed by atoms with E-state index in [1.54, 1.807) is 0 Å². The summed E-state index contributed by atoms with van der Waals surface area (Å²) < 4.78 is 0. The monoisotopic (exact) mass is 168 g/mol. The molecule has 1 fully saturated rings. The van der Waals surface area contributed by atoms with Gasteiger partial charge in [-0.3, -0.25) is 4.90 Å². The van der Waals surface area contributed by atoms with Crippen molar-refractivity contribution in [2.75, 3.05) is 19.7 Å². The molecule has 0 bridgehead atoms. The minimum absolute atomic E-state index is 0.193. The lowest BCUT2D eigenvalue weighted by atomic mass is 10.2.